The van der Waals surface area contributed by atoms with E-state index < -0.39 is 0 Å². The Kier molecular flexibility index (Phi) is 3.19. The zero-order chi connectivity index (χ0) is 13.1. The molecule has 3 nitrogen and oxygen atoms in total. The monoisotopic (exact) mass is 253 g/mol. The Morgan fingerprint density at radius 1 is 0.947 bits per heavy atom. The van der Waals surface area contributed by atoms with Crippen molar-refractivity contribution in [2.75, 3.05) is 6.61 Å². The van der Waals surface area contributed by atoms with Crippen molar-refractivity contribution in [3.63, 3.8) is 0 Å². The number of cyclic esters (lactones) is 1. The van der Waals surface area contributed by atoms with Crippen LogP contribution < -0.4 is 5.32 Å². The number of amides is 1. The third-order valence-electron chi connectivity index (χ3n) is 3.42. The second-order valence-electron chi connectivity index (χ2n) is 4.65. The van der Waals surface area contributed by atoms with Crippen LogP contribution in [0.1, 0.15) is 17.0 Å². The van der Waals surface area contributed by atoms with Gasteiger partial charge in [-0.05, 0) is 11.1 Å². The van der Waals surface area contributed by atoms with Gasteiger partial charge in [-0.25, -0.2) is 4.79 Å². The van der Waals surface area contributed by atoms with E-state index in [4.69, 9.17) is 4.74 Å². The average Bonchev–Trinajstić information content (AvgIpc) is 2.88. The minimum Gasteiger partial charge on any atom is -0.447 e. The minimum absolute atomic E-state index is 0.0164. The van der Waals surface area contributed by atoms with Crippen molar-refractivity contribution in [2.45, 2.75) is 12.0 Å². The van der Waals surface area contributed by atoms with E-state index in [0.29, 0.717) is 6.61 Å². The lowest BCUT2D eigenvalue weighted by atomic mass is 9.85. The van der Waals surface area contributed by atoms with Crippen LogP contribution in [0.5, 0.6) is 0 Å². The number of carbonyl (C=O) groups excluding carboxylic acids is 1. The predicted octanol–water partition coefficient (Wildman–Crippen LogP) is 2.93. The van der Waals surface area contributed by atoms with Crippen LogP contribution in [0.3, 0.4) is 0 Å². The fourth-order valence-electron chi connectivity index (χ4n) is 2.56. The summed E-state index contributed by atoms with van der Waals surface area (Å²) in [5, 5.41) is 2.89. The summed E-state index contributed by atoms with van der Waals surface area (Å²) in [7, 11) is 0. The maximum absolute atomic E-state index is 11.3. The van der Waals surface area contributed by atoms with E-state index in [9.17, 15) is 4.79 Å². The van der Waals surface area contributed by atoms with E-state index in [-0.39, 0.29) is 18.1 Å². The summed E-state index contributed by atoms with van der Waals surface area (Å²) in [6, 6.07) is 20.4. The highest BCUT2D eigenvalue weighted by Gasteiger charge is 2.32. The van der Waals surface area contributed by atoms with E-state index in [2.05, 4.69) is 29.6 Å². The first kappa shape index (κ1) is 11.8. The summed E-state index contributed by atoms with van der Waals surface area (Å²) < 4.78 is 5.04. The smallest absolute Gasteiger partial charge is 0.407 e. The molecule has 96 valence electrons. The first-order valence-corrected chi connectivity index (χ1v) is 6.38. The van der Waals surface area contributed by atoms with Gasteiger partial charge in [0.25, 0.3) is 0 Å². The van der Waals surface area contributed by atoms with Crippen molar-refractivity contribution in [1.82, 2.24) is 5.32 Å². The van der Waals surface area contributed by atoms with Crippen molar-refractivity contribution in [2.24, 2.45) is 0 Å². The Bertz CT molecular complexity index is 514. The highest BCUT2D eigenvalue weighted by Crippen LogP contribution is 2.29. The number of hydrogen-bond donors (Lipinski definition) is 1. The topological polar surface area (TPSA) is 38.3 Å². The van der Waals surface area contributed by atoms with Crippen LogP contribution in [0.2, 0.25) is 0 Å². The van der Waals surface area contributed by atoms with Crippen molar-refractivity contribution in [3.05, 3.63) is 71.8 Å². The lowest BCUT2D eigenvalue weighted by molar-refractivity contribution is 0.176. The molecule has 3 rings (SSSR count). The van der Waals surface area contributed by atoms with E-state index in [1.54, 1.807) is 0 Å². The molecule has 1 fully saturated rings. The second kappa shape index (κ2) is 5.14. The molecule has 1 N–H and O–H groups in total. The molecular formula is C16H15NO2. The summed E-state index contributed by atoms with van der Waals surface area (Å²) in [6.07, 6.45) is -0.332. The normalized spacial score (nSPS) is 18.2. The molecule has 1 aliphatic heterocycles. The van der Waals surface area contributed by atoms with Gasteiger partial charge in [-0.1, -0.05) is 60.7 Å². The summed E-state index contributed by atoms with van der Waals surface area (Å²) in [5.41, 5.74) is 2.37. The van der Waals surface area contributed by atoms with Crippen LogP contribution in [0.25, 0.3) is 0 Å². The van der Waals surface area contributed by atoms with Gasteiger partial charge < -0.3 is 10.1 Å². The third kappa shape index (κ3) is 2.45. The largest absolute Gasteiger partial charge is 0.447 e. The van der Waals surface area contributed by atoms with Crippen molar-refractivity contribution >= 4 is 6.09 Å². The summed E-state index contributed by atoms with van der Waals surface area (Å²) in [5.74, 6) is 0.119. The lowest BCUT2D eigenvalue weighted by Crippen LogP contribution is -2.33. The maximum atomic E-state index is 11.3. The number of nitrogens with one attached hydrogen (secondary N) is 1. The Morgan fingerprint density at radius 3 is 1.89 bits per heavy atom. The van der Waals surface area contributed by atoms with Crippen LogP contribution >= 0.6 is 0 Å². The van der Waals surface area contributed by atoms with Crippen LogP contribution in [0, 0.1) is 0 Å². The van der Waals surface area contributed by atoms with Gasteiger partial charge in [0.1, 0.15) is 6.61 Å². The van der Waals surface area contributed by atoms with Crippen LogP contribution in [0.4, 0.5) is 4.79 Å². The van der Waals surface area contributed by atoms with Crippen LogP contribution in [0.15, 0.2) is 60.7 Å². The Labute approximate surface area is 112 Å². The summed E-state index contributed by atoms with van der Waals surface area (Å²) in [4.78, 5) is 11.3. The van der Waals surface area contributed by atoms with Gasteiger partial charge in [0.15, 0.2) is 0 Å². The van der Waals surface area contributed by atoms with E-state index in [1.165, 1.54) is 11.1 Å². The number of carbonyl (C=O) groups is 1. The molecule has 3 heteroatoms. The number of alkyl carbamates (subject to hydrolysis) is 1. The van der Waals surface area contributed by atoms with Crippen LogP contribution in [-0.2, 0) is 4.74 Å². The lowest BCUT2D eigenvalue weighted by Gasteiger charge is -2.22. The quantitative estimate of drug-likeness (QED) is 0.913. The van der Waals surface area contributed by atoms with E-state index in [1.807, 2.05) is 36.4 Å². The van der Waals surface area contributed by atoms with E-state index >= 15 is 0 Å². The molecule has 1 heterocycles. The first-order valence-electron chi connectivity index (χ1n) is 6.38. The second-order valence-corrected chi connectivity index (χ2v) is 4.65. The molecule has 0 bridgehead atoms. The molecule has 1 aliphatic rings. The molecule has 0 unspecified atom stereocenters. The van der Waals surface area contributed by atoms with Crippen molar-refractivity contribution < 1.29 is 9.53 Å². The number of rotatable bonds is 3. The first-order chi connectivity index (χ1) is 9.34. The zero-order valence-corrected chi connectivity index (χ0v) is 10.5. The molecular weight excluding hydrogens is 238 g/mol. The molecule has 0 radical (unpaired) electrons. The fourth-order valence-corrected chi connectivity index (χ4v) is 2.56. The minimum atomic E-state index is -0.332. The number of benzene rings is 2. The highest BCUT2D eigenvalue weighted by atomic mass is 16.6. The Balaban J connectivity index is 1.99. The Morgan fingerprint density at radius 2 is 1.47 bits per heavy atom. The molecule has 2 aromatic carbocycles. The standard InChI is InChI=1S/C16H15NO2/c18-16-17-14(11-19-16)15(12-7-3-1-4-8-12)13-9-5-2-6-10-13/h1-10,14-15H,11H2,(H,17,18)/t14-/m1/s1. The number of hydrogen-bond acceptors (Lipinski definition) is 2. The summed E-state index contributed by atoms with van der Waals surface area (Å²) in [6.45, 7) is 0.410. The van der Waals surface area contributed by atoms with Gasteiger partial charge in [0, 0.05) is 5.92 Å². The number of ether oxygens (including phenoxy) is 1. The molecule has 1 atom stereocenters. The maximum Gasteiger partial charge on any atom is 0.407 e. The fraction of sp³-hybridized carbons (Fsp3) is 0.188. The highest BCUT2D eigenvalue weighted by molar-refractivity contribution is 5.70. The van der Waals surface area contributed by atoms with Crippen LogP contribution in [-0.4, -0.2) is 18.7 Å². The molecule has 1 saturated heterocycles. The molecule has 1 amide bonds. The van der Waals surface area contributed by atoms with E-state index in [0.717, 1.165) is 0 Å². The molecule has 0 saturated carbocycles. The molecule has 0 aliphatic carbocycles. The molecule has 0 spiro atoms. The van der Waals surface area contributed by atoms with Gasteiger partial charge in [0.05, 0.1) is 6.04 Å². The molecule has 2 aromatic rings. The SMILES string of the molecule is O=C1N[C@@H](C(c2ccccc2)c2ccccc2)CO1. The van der Waals surface area contributed by atoms with Gasteiger partial charge in [-0.3, -0.25) is 0 Å². The van der Waals surface area contributed by atoms with Gasteiger partial charge in [0.2, 0.25) is 0 Å². The molecule has 19 heavy (non-hydrogen) atoms. The van der Waals surface area contributed by atoms with Gasteiger partial charge in [-0.2, -0.15) is 0 Å². The average molecular weight is 253 g/mol. The Hall–Kier alpha value is -2.29. The summed E-state index contributed by atoms with van der Waals surface area (Å²) >= 11 is 0. The zero-order valence-electron chi connectivity index (χ0n) is 10.5. The predicted molar refractivity (Wildman–Crippen MR) is 73.0 cm³/mol. The molecule has 0 aromatic heterocycles. The van der Waals surface area contributed by atoms with Gasteiger partial charge >= 0.3 is 6.09 Å². The van der Waals surface area contributed by atoms with Crippen molar-refractivity contribution in [3.8, 4) is 0 Å². The third-order valence-corrected chi connectivity index (χ3v) is 3.42. The van der Waals surface area contributed by atoms with Gasteiger partial charge in [-0.15, -0.1) is 0 Å². The van der Waals surface area contributed by atoms with Crippen molar-refractivity contribution in [1.29, 1.82) is 0 Å².